The molecule has 2 nitrogen and oxygen atoms in total. The van der Waals surface area contributed by atoms with E-state index in [9.17, 15) is 0 Å². The highest BCUT2D eigenvalue weighted by atomic mass is 15.2. The van der Waals surface area contributed by atoms with Crippen LogP contribution in [0, 0.1) is 5.41 Å². The molecule has 1 atom stereocenters. The van der Waals surface area contributed by atoms with E-state index in [2.05, 4.69) is 37.9 Å². The summed E-state index contributed by atoms with van der Waals surface area (Å²) in [5.74, 6) is 0. The molecular weight excluding hydrogens is 160 g/mol. The van der Waals surface area contributed by atoms with Gasteiger partial charge in [0.2, 0.25) is 0 Å². The van der Waals surface area contributed by atoms with Gasteiger partial charge in [0.25, 0.3) is 0 Å². The van der Waals surface area contributed by atoms with Crippen molar-refractivity contribution in [3.8, 4) is 0 Å². The monoisotopic (exact) mass is 184 g/mol. The molecule has 0 aromatic heterocycles. The van der Waals surface area contributed by atoms with Gasteiger partial charge in [0, 0.05) is 32.2 Å². The Morgan fingerprint density at radius 1 is 1.38 bits per heavy atom. The van der Waals surface area contributed by atoms with Gasteiger partial charge in [-0.15, -0.1) is 0 Å². The number of piperazine rings is 1. The van der Waals surface area contributed by atoms with Crippen molar-refractivity contribution in [1.82, 2.24) is 10.2 Å². The van der Waals surface area contributed by atoms with Gasteiger partial charge in [-0.2, -0.15) is 0 Å². The standard InChI is InChI=1S/C11H24N2/c1-5-10-8-12-6-7-13(10)9-11(2,3)4/h10,12H,5-9H2,1-4H3. The number of rotatable bonds is 2. The van der Waals surface area contributed by atoms with Gasteiger partial charge in [-0.1, -0.05) is 27.7 Å². The topological polar surface area (TPSA) is 15.3 Å². The second-order valence-corrected chi connectivity index (χ2v) is 5.30. The molecule has 1 N–H and O–H groups in total. The van der Waals surface area contributed by atoms with Crippen LogP contribution in [0.1, 0.15) is 34.1 Å². The zero-order chi connectivity index (χ0) is 9.90. The zero-order valence-electron chi connectivity index (χ0n) is 9.56. The van der Waals surface area contributed by atoms with Crippen molar-refractivity contribution in [3.05, 3.63) is 0 Å². The van der Waals surface area contributed by atoms with Crippen LogP contribution < -0.4 is 5.32 Å². The Hall–Kier alpha value is -0.0800. The van der Waals surface area contributed by atoms with Crippen molar-refractivity contribution < 1.29 is 0 Å². The maximum atomic E-state index is 3.46. The van der Waals surface area contributed by atoms with E-state index in [0.717, 1.165) is 12.6 Å². The molecular formula is C11H24N2. The lowest BCUT2D eigenvalue weighted by atomic mass is 9.94. The van der Waals surface area contributed by atoms with Crippen LogP contribution in [0.15, 0.2) is 0 Å². The number of hydrogen-bond donors (Lipinski definition) is 1. The summed E-state index contributed by atoms with van der Waals surface area (Å²) < 4.78 is 0. The molecule has 0 aromatic carbocycles. The first-order valence-electron chi connectivity index (χ1n) is 5.47. The third-order valence-corrected chi connectivity index (χ3v) is 2.62. The molecule has 1 unspecified atom stereocenters. The number of hydrogen-bond acceptors (Lipinski definition) is 2. The summed E-state index contributed by atoms with van der Waals surface area (Å²) in [4.78, 5) is 2.64. The normalized spacial score (nSPS) is 26.3. The second kappa shape index (κ2) is 4.43. The van der Waals surface area contributed by atoms with Gasteiger partial charge in [-0.3, -0.25) is 4.90 Å². The van der Waals surface area contributed by atoms with Crippen molar-refractivity contribution in [3.63, 3.8) is 0 Å². The summed E-state index contributed by atoms with van der Waals surface area (Å²) in [6.07, 6.45) is 1.27. The summed E-state index contributed by atoms with van der Waals surface area (Å²) in [7, 11) is 0. The van der Waals surface area contributed by atoms with Crippen LogP contribution in [0.4, 0.5) is 0 Å². The summed E-state index contributed by atoms with van der Waals surface area (Å²) in [6, 6.07) is 0.757. The maximum Gasteiger partial charge on any atom is 0.0218 e. The summed E-state index contributed by atoms with van der Waals surface area (Å²) in [5.41, 5.74) is 0.435. The Kier molecular flexibility index (Phi) is 3.74. The van der Waals surface area contributed by atoms with E-state index in [1.54, 1.807) is 0 Å². The maximum absolute atomic E-state index is 3.46. The smallest absolute Gasteiger partial charge is 0.0218 e. The highest BCUT2D eigenvalue weighted by Gasteiger charge is 2.24. The van der Waals surface area contributed by atoms with Gasteiger partial charge < -0.3 is 5.32 Å². The Bertz CT molecular complexity index is 149. The average Bonchev–Trinajstić information content (AvgIpc) is 2.02. The van der Waals surface area contributed by atoms with Crippen molar-refractivity contribution >= 4 is 0 Å². The predicted octanol–water partition coefficient (Wildman–Crippen LogP) is 1.72. The predicted molar refractivity (Wildman–Crippen MR) is 58.0 cm³/mol. The lowest BCUT2D eigenvalue weighted by Crippen LogP contribution is -2.53. The van der Waals surface area contributed by atoms with E-state index in [4.69, 9.17) is 0 Å². The molecule has 1 aliphatic rings. The third kappa shape index (κ3) is 3.65. The zero-order valence-corrected chi connectivity index (χ0v) is 9.56. The molecule has 0 saturated carbocycles. The van der Waals surface area contributed by atoms with E-state index in [-0.39, 0.29) is 0 Å². The number of nitrogens with one attached hydrogen (secondary N) is 1. The van der Waals surface area contributed by atoms with Gasteiger partial charge in [-0.25, -0.2) is 0 Å². The highest BCUT2D eigenvalue weighted by Crippen LogP contribution is 2.18. The van der Waals surface area contributed by atoms with Crippen LogP contribution in [-0.4, -0.2) is 37.1 Å². The SMILES string of the molecule is CCC1CNCCN1CC(C)(C)C. The minimum Gasteiger partial charge on any atom is -0.314 e. The van der Waals surface area contributed by atoms with Crippen LogP contribution in [0.25, 0.3) is 0 Å². The first-order chi connectivity index (χ1) is 6.03. The quantitative estimate of drug-likeness (QED) is 0.703. The Morgan fingerprint density at radius 3 is 2.62 bits per heavy atom. The van der Waals surface area contributed by atoms with Crippen molar-refractivity contribution in [2.45, 2.75) is 40.2 Å². The first kappa shape index (κ1) is 11.0. The second-order valence-electron chi connectivity index (χ2n) is 5.30. The minimum atomic E-state index is 0.435. The Morgan fingerprint density at radius 2 is 2.08 bits per heavy atom. The van der Waals surface area contributed by atoms with E-state index in [1.807, 2.05) is 0 Å². The van der Waals surface area contributed by atoms with E-state index in [1.165, 1.54) is 26.1 Å². The molecule has 0 aliphatic carbocycles. The van der Waals surface area contributed by atoms with Gasteiger partial charge in [0.15, 0.2) is 0 Å². The Labute approximate surface area is 82.7 Å². The number of nitrogens with zero attached hydrogens (tertiary/aromatic N) is 1. The fourth-order valence-corrected chi connectivity index (χ4v) is 2.02. The molecule has 1 rings (SSSR count). The van der Waals surface area contributed by atoms with Crippen LogP contribution in [-0.2, 0) is 0 Å². The van der Waals surface area contributed by atoms with Crippen LogP contribution in [0.2, 0.25) is 0 Å². The fraction of sp³-hybridized carbons (Fsp3) is 1.00. The Balaban J connectivity index is 2.45. The lowest BCUT2D eigenvalue weighted by Gasteiger charge is -2.39. The molecule has 0 spiro atoms. The van der Waals surface area contributed by atoms with E-state index < -0.39 is 0 Å². The molecule has 78 valence electrons. The van der Waals surface area contributed by atoms with Crippen LogP contribution in [0.5, 0.6) is 0 Å². The summed E-state index contributed by atoms with van der Waals surface area (Å²) >= 11 is 0. The van der Waals surface area contributed by atoms with Crippen LogP contribution >= 0.6 is 0 Å². The van der Waals surface area contributed by atoms with Crippen molar-refractivity contribution in [1.29, 1.82) is 0 Å². The van der Waals surface area contributed by atoms with Gasteiger partial charge in [0.05, 0.1) is 0 Å². The fourth-order valence-electron chi connectivity index (χ4n) is 2.02. The molecule has 1 saturated heterocycles. The highest BCUT2D eigenvalue weighted by molar-refractivity contribution is 4.81. The first-order valence-corrected chi connectivity index (χ1v) is 5.47. The molecule has 0 radical (unpaired) electrons. The van der Waals surface area contributed by atoms with Crippen molar-refractivity contribution in [2.75, 3.05) is 26.2 Å². The molecule has 0 aromatic rings. The lowest BCUT2D eigenvalue weighted by molar-refractivity contribution is 0.111. The molecule has 13 heavy (non-hydrogen) atoms. The van der Waals surface area contributed by atoms with Crippen molar-refractivity contribution in [2.24, 2.45) is 5.41 Å². The molecule has 0 amide bonds. The minimum absolute atomic E-state index is 0.435. The molecule has 1 heterocycles. The molecule has 1 aliphatic heterocycles. The van der Waals surface area contributed by atoms with Gasteiger partial charge >= 0.3 is 0 Å². The average molecular weight is 184 g/mol. The van der Waals surface area contributed by atoms with Gasteiger partial charge in [0.1, 0.15) is 0 Å². The van der Waals surface area contributed by atoms with Crippen LogP contribution in [0.3, 0.4) is 0 Å². The summed E-state index contributed by atoms with van der Waals surface area (Å²) in [5, 5.41) is 3.46. The largest absolute Gasteiger partial charge is 0.314 e. The van der Waals surface area contributed by atoms with E-state index >= 15 is 0 Å². The summed E-state index contributed by atoms with van der Waals surface area (Å²) in [6.45, 7) is 14.0. The molecule has 2 heteroatoms. The molecule has 0 bridgehead atoms. The van der Waals surface area contributed by atoms with E-state index in [0.29, 0.717) is 5.41 Å². The van der Waals surface area contributed by atoms with Gasteiger partial charge in [-0.05, 0) is 11.8 Å². The molecule has 1 fully saturated rings. The third-order valence-electron chi connectivity index (χ3n) is 2.62.